The molecule has 0 radical (unpaired) electrons. The molecule has 0 spiro atoms. The number of anilines is 1. The van der Waals surface area contributed by atoms with E-state index in [1.165, 1.54) is 0 Å². The van der Waals surface area contributed by atoms with E-state index in [4.69, 9.17) is 0 Å². The Kier molecular flexibility index (Phi) is 2.84. The van der Waals surface area contributed by atoms with Crippen molar-refractivity contribution in [3.8, 4) is 0 Å². The number of nitrogens with zero attached hydrogens (tertiary/aromatic N) is 2. The number of hydrogen-bond donors (Lipinski definition) is 3. The molecule has 0 unspecified atom stereocenters. The number of aromatic nitrogens is 3. The fourth-order valence-corrected chi connectivity index (χ4v) is 1.22. The molecule has 86 valence electrons. The molecule has 1 aliphatic carbocycles. The van der Waals surface area contributed by atoms with E-state index in [1.54, 1.807) is 0 Å². The van der Waals surface area contributed by atoms with E-state index in [2.05, 4.69) is 26.0 Å². The second-order valence-electron chi connectivity index (χ2n) is 3.69. The van der Waals surface area contributed by atoms with E-state index in [-0.39, 0.29) is 23.3 Å². The minimum absolute atomic E-state index is 0.0813. The van der Waals surface area contributed by atoms with Crippen LogP contribution in [-0.4, -0.2) is 21.1 Å². The SMILES string of the molecule is CCc1nnc(NNC(=O)C2CC2)[nH]c1=O. The molecule has 3 N–H and O–H groups in total. The zero-order chi connectivity index (χ0) is 11.5. The van der Waals surface area contributed by atoms with E-state index < -0.39 is 0 Å². The van der Waals surface area contributed by atoms with E-state index >= 15 is 0 Å². The van der Waals surface area contributed by atoms with Gasteiger partial charge in [0, 0.05) is 5.92 Å². The summed E-state index contributed by atoms with van der Waals surface area (Å²) in [6.45, 7) is 1.82. The van der Waals surface area contributed by atoms with Crippen molar-refractivity contribution in [1.82, 2.24) is 20.6 Å². The lowest BCUT2D eigenvalue weighted by molar-refractivity contribution is -0.121. The molecule has 1 aliphatic rings. The van der Waals surface area contributed by atoms with Crippen LogP contribution >= 0.6 is 0 Å². The van der Waals surface area contributed by atoms with Crippen LogP contribution in [0.4, 0.5) is 5.95 Å². The molecule has 0 bridgehead atoms. The minimum atomic E-state index is -0.291. The lowest BCUT2D eigenvalue weighted by Crippen LogP contribution is -2.33. The molecule has 1 fully saturated rings. The predicted octanol–water partition coefficient (Wildman–Crippen LogP) is -0.420. The first-order chi connectivity index (χ1) is 7.70. The van der Waals surface area contributed by atoms with Crippen LogP contribution in [0.3, 0.4) is 0 Å². The maximum atomic E-state index is 11.4. The highest BCUT2D eigenvalue weighted by atomic mass is 16.2. The van der Waals surface area contributed by atoms with Gasteiger partial charge >= 0.3 is 0 Å². The van der Waals surface area contributed by atoms with Gasteiger partial charge in [0.25, 0.3) is 5.56 Å². The summed E-state index contributed by atoms with van der Waals surface area (Å²) in [6, 6.07) is 0. The molecule has 1 aromatic heterocycles. The number of nitrogens with one attached hydrogen (secondary N) is 3. The summed E-state index contributed by atoms with van der Waals surface area (Å²) < 4.78 is 0. The van der Waals surface area contributed by atoms with Crippen molar-refractivity contribution in [2.75, 3.05) is 5.43 Å². The van der Waals surface area contributed by atoms with Crippen molar-refractivity contribution < 1.29 is 4.79 Å². The van der Waals surface area contributed by atoms with Gasteiger partial charge in [-0.3, -0.25) is 25.4 Å². The first kappa shape index (κ1) is 10.6. The van der Waals surface area contributed by atoms with Crippen molar-refractivity contribution in [1.29, 1.82) is 0 Å². The van der Waals surface area contributed by atoms with Crippen LogP contribution in [0.15, 0.2) is 4.79 Å². The fraction of sp³-hybridized carbons (Fsp3) is 0.556. The van der Waals surface area contributed by atoms with E-state index in [0.29, 0.717) is 12.1 Å². The average Bonchev–Trinajstić information content (AvgIpc) is 3.10. The third kappa shape index (κ3) is 2.36. The van der Waals surface area contributed by atoms with Crippen molar-refractivity contribution in [2.24, 2.45) is 5.92 Å². The molecule has 1 heterocycles. The smallest absolute Gasteiger partial charge is 0.274 e. The Morgan fingerprint density at radius 2 is 2.25 bits per heavy atom. The third-order valence-corrected chi connectivity index (χ3v) is 2.35. The Hall–Kier alpha value is -1.92. The van der Waals surface area contributed by atoms with Crippen LogP contribution < -0.4 is 16.4 Å². The predicted molar refractivity (Wildman–Crippen MR) is 56.5 cm³/mol. The van der Waals surface area contributed by atoms with Gasteiger partial charge in [0.2, 0.25) is 11.9 Å². The maximum Gasteiger partial charge on any atom is 0.274 e. The van der Waals surface area contributed by atoms with Gasteiger partial charge in [-0.05, 0) is 19.3 Å². The number of rotatable bonds is 4. The number of hydrogen-bond acceptors (Lipinski definition) is 5. The molecule has 0 atom stereocenters. The minimum Gasteiger partial charge on any atom is -0.288 e. The number of H-pyrrole nitrogens is 1. The Balaban J connectivity index is 1.96. The Bertz CT molecular complexity index is 451. The van der Waals surface area contributed by atoms with Crippen molar-refractivity contribution >= 4 is 11.9 Å². The third-order valence-electron chi connectivity index (χ3n) is 2.35. The highest BCUT2D eigenvalue weighted by Gasteiger charge is 2.29. The average molecular weight is 223 g/mol. The van der Waals surface area contributed by atoms with Crippen LogP contribution in [0.5, 0.6) is 0 Å². The van der Waals surface area contributed by atoms with Gasteiger partial charge in [-0.1, -0.05) is 6.92 Å². The molecular weight excluding hydrogens is 210 g/mol. The Morgan fingerprint density at radius 3 is 2.81 bits per heavy atom. The van der Waals surface area contributed by atoms with E-state index in [0.717, 1.165) is 12.8 Å². The summed E-state index contributed by atoms with van der Waals surface area (Å²) in [5, 5.41) is 7.46. The fourth-order valence-electron chi connectivity index (χ4n) is 1.22. The summed E-state index contributed by atoms with van der Waals surface area (Å²) in [5.74, 6) is 0.167. The van der Waals surface area contributed by atoms with E-state index in [9.17, 15) is 9.59 Å². The summed E-state index contributed by atoms with van der Waals surface area (Å²) in [4.78, 5) is 25.1. The second-order valence-corrected chi connectivity index (χ2v) is 3.69. The largest absolute Gasteiger partial charge is 0.288 e. The Morgan fingerprint density at radius 1 is 1.50 bits per heavy atom. The molecule has 1 aromatic rings. The second kappa shape index (κ2) is 4.30. The van der Waals surface area contributed by atoms with Gasteiger partial charge in [-0.2, -0.15) is 0 Å². The van der Waals surface area contributed by atoms with Gasteiger partial charge in [-0.15, -0.1) is 10.2 Å². The zero-order valence-corrected chi connectivity index (χ0v) is 8.91. The van der Waals surface area contributed by atoms with Gasteiger partial charge in [0.1, 0.15) is 5.69 Å². The molecular formula is C9H13N5O2. The monoisotopic (exact) mass is 223 g/mol. The molecule has 0 aromatic carbocycles. The summed E-state index contributed by atoms with van der Waals surface area (Å²) >= 11 is 0. The number of aryl methyl sites for hydroxylation is 1. The lowest BCUT2D eigenvalue weighted by atomic mass is 10.4. The number of hydrazine groups is 1. The van der Waals surface area contributed by atoms with Crippen LogP contribution in [0, 0.1) is 5.92 Å². The first-order valence-electron chi connectivity index (χ1n) is 5.22. The number of amides is 1. The first-order valence-corrected chi connectivity index (χ1v) is 5.22. The molecule has 0 saturated heterocycles. The topological polar surface area (TPSA) is 99.8 Å². The Labute approximate surface area is 91.6 Å². The zero-order valence-electron chi connectivity index (χ0n) is 8.91. The van der Waals surface area contributed by atoms with Crippen LogP contribution in [0.2, 0.25) is 0 Å². The van der Waals surface area contributed by atoms with Crippen molar-refractivity contribution in [2.45, 2.75) is 26.2 Å². The summed E-state index contributed by atoms with van der Waals surface area (Å²) in [6.07, 6.45) is 2.37. The van der Waals surface area contributed by atoms with Gasteiger partial charge < -0.3 is 0 Å². The van der Waals surface area contributed by atoms with Crippen LogP contribution in [0.25, 0.3) is 0 Å². The van der Waals surface area contributed by atoms with E-state index in [1.807, 2.05) is 6.92 Å². The van der Waals surface area contributed by atoms with Crippen LogP contribution in [-0.2, 0) is 11.2 Å². The summed E-state index contributed by atoms with van der Waals surface area (Å²) in [5.41, 5.74) is 5.08. The summed E-state index contributed by atoms with van der Waals surface area (Å²) in [7, 11) is 0. The van der Waals surface area contributed by atoms with Crippen molar-refractivity contribution in [3.05, 3.63) is 16.0 Å². The number of aromatic amines is 1. The highest BCUT2D eigenvalue weighted by molar-refractivity contribution is 5.81. The quantitative estimate of drug-likeness (QED) is 0.602. The lowest BCUT2D eigenvalue weighted by Gasteiger charge is -2.05. The molecule has 1 amide bonds. The maximum absolute atomic E-state index is 11.4. The standard InChI is InChI=1S/C9H13N5O2/c1-2-6-8(16)10-9(13-11-6)14-12-7(15)5-3-4-5/h5H,2-4H2,1H3,(H,12,15)(H2,10,13,14,16). The van der Waals surface area contributed by atoms with Gasteiger partial charge in [0.15, 0.2) is 0 Å². The van der Waals surface area contributed by atoms with Crippen molar-refractivity contribution in [3.63, 3.8) is 0 Å². The molecule has 0 aliphatic heterocycles. The van der Waals surface area contributed by atoms with Gasteiger partial charge in [0.05, 0.1) is 0 Å². The number of carbonyl (C=O) groups excluding carboxylic acids is 1. The normalized spacial score (nSPS) is 14.6. The molecule has 7 nitrogen and oxygen atoms in total. The molecule has 1 saturated carbocycles. The van der Waals surface area contributed by atoms with Crippen LogP contribution in [0.1, 0.15) is 25.5 Å². The molecule has 7 heteroatoms. The number of carbonyl (C=O) groups is 1. The highest BCUT2D eigenvalue weighted by Crippen LogP contribution is 2.28. The molecule has 2 rings (SSSR count). The molecule has 16 heavy (non-hydrogen) atoms. The van der Waals surface area contributed by atoms with Gasteiger partial charge in [-0.25, -0.2) is 0 Å².